The van der Waals surface area contributed by atoms with E-state index in [0.29, 0.717) is 6.04 Å². The average Bonchev–Trinajstić information content (AvgIpc) is 2.42. The number of nitrogens with zero attached hydrogens (tertiary/aromatic N) is 1. The predicted molar refractivity (Wildman–Crippen MR) is 62.7 cm³/mol. The first kappa shape index (κ1) is 11.4. The van der Waals surface area contributed by atoms with Gasteiger partial charge in [0.05, 0.1) is 0 Å². The third-order valence-electron chi connectivity index (χ3n) is 2.93. The van der Waals surface area contributed by atoms with E-state index in [0.717, 1.165) is 5.92 Å². The zero-order valence-corrected chi connectivity index (χ0v) is 10.2. The summed E-state index contributed by atoms with van der Waals surface area (Å²) < 4.78 is 2.45. The Morgan fingerprint density at radius 3 is 1.93 bits per heavy atom. The minimum Gasteiger partial charge on any atom is -0.346 e. The molecule has 0 N–H and O–H groups in total. The Kier molecular flexibility index (Phi) is 3.79. The van der Waals surface area contributed by atoms with Crippen LogP contribution in [-0.4, -0.2) is 4.57 Å². The van der Waals surface area contributed by atoms with Crippen LogP contribution in [0.4, 0.5) is 0 Å². The zero-order valence-electron chi connectivity index (χ0n) is 10.2. The van der Waals surface area contributed by atoms with Crippen LogP contribution in [0.25, 0.3) is 0 Å². The largest absolute Gasteiger partial charge is 0.346 e. The van der Waals surface area contributed by atoms with Gasteiger partial charge in [-0.3, -0.25) is 0 Å². The molecule has 1 aromatic rings. The topological polar surface area (TPSA) is 4.93 Å². The van der Waals surface area contributed by atoms with Crippen molar-refractivity contribution in [1.82, 2.24) is 4.57 Å². The predicted octanol–water partition coefficient (Wildman–Crippen LogP) is 4.10. The van der Waals surface area contributed by atoms with E-state index in [-0.39, 0.29) is 0 Å². The molecule has 0 saturated carbocycles. The van der Waals surface area contributed by atoms with Crippen molar-refractivity contribution in [3.63, 3.8) is 0 Å². The van der Waals surface area contributed by atoms with E-state index in [1.807, 2.05) is 0 Å². The van der Waals surface area contributed by atoms with Crippen molar-refractivity contribution in [2.45, 2.75) is 53.5 Å². The van der Waals surface area contributed by atoms with Crippen LogP contribution >= 0.6 is 0 Å². The van der Waals surface area contributed by atoms with E-state index in [9.17, 15) is 0 Å². The van der Waals surface area contributed by atoms with E-state index in [4.69, 9.17) is 0 Å². The van der Waals surface area contributed by atoms with Crippen molar-refractivity contribution in [3.8, 4) is 0 Å². The van der Waals surface area contributed by atoms with Gasteiger partial charge in [-0.1, -0.05) is 13.8 Å². The van der Waals surface area contributed by atoms with Crippen molar-refractivity contribution in [3.05, 3.63) is 23.5 Å². The summed E-state index contributed by atoms with van der Waals surface area (Å²) in [6.45, 7) is 11.3. The molecule has 0 amide bonds. The van der Waals surface area contributed by atoms with Crippen LogP contribution in [0.5, 0.6) is 0 Å². The van der Waals surface area contributed by atoms with E-state index < -0.39 is 0 Å². The quantitative estimate of drug-likeness (QED) is 0.678. The summed E-state index contributed by atoms with van der Waals surface area (Å²) in [4.78, 5) is 0. The molecule has 0 aliphatic rings. The van der Waals surface area contributed by atoms with Crippen molar-refractivity contribution in [1.29, 1.82) is 0 Å². The summed E-state index contributed by atoms with van der Waals surface area (Å²) in [5, 5.41) is 0. The summed E-state index contributed by atoms with van der Waals surface area (Å²) >= 11 is 0. The molecule has 0 aromatic carbocycles. The standard InChI is InChI=1S/C13H23N/c1-10(2)6-7-11(3)14-12(4)8-9-13(14)5/h8-11H,6-7H2,1-5H3. The van der Waals surface area contributed by atoms with Gasteiger partial charge in [-0.05, 0) is 51.7 Å². The van der Waals surface area contributed by atoms with Gasteiger partial charge < -0.3 is 4.57 Å². The SMILES string of the molecule is Cc1ccc(C)n1C(C)CCC(C)C. The molecule has 0 aliphatic carbocycles. The molecule has 0 bridgehead atoms. The first-order chi connectivity index (χ1) is 6.52. The van der Waals surface area contributed by atoms with Crippen LogP contribution in [0.15, 0.2) is 12.1 Å². The van der Waals surface area contributed by atoms with Crippen LogP contribution in [0.2, 0.25) is 0 Å². The molecule has 0 spiro atoms. The van der Waals surface area contributed by atoms with E-state index >= 15 is 0 Å². The second-order valence-corrected chi connectivity index (χ2v) is 4.81. The fraction of sp³-hybridized carbons (Fsp3) is 0.692. The molecule has 0 radical (unpaired) electrons. The Bertz CT molecular complexity index is 264. The highest BCUT2D eigenvalue weighted by atomic mass is 15.0. The second-order valence-electron chi connectivity index (χ2n) is 4.81. The average molecular weight is 193 g/mol. The molecule has 1 aromatic heterocycles. The summed E-state index contributed by atoms with van der Waals surface area (Å²) in [6, 6.07) is 5.06. The Hall–Kier alpha value is -0.720. The van der Waals surface area contributed by atoms with Crippen LogP contribution in [0.3, 0.4) is 0 Å². The molecule has 1 rings (SSSR count). The highest BCUT2D eigenvalue weighted by Gasteiger charge is 2.09. The molecule has 1 heterocycles. The van der Waals surface area contributed by atoms with Crippen LogP contribution in [0.1, 0.15) is 51.0 Å². The fourth-order valence-electron chi connectivity index (χ4n) is 2.08. The lowest BCUT2D eigenvalue weighted by Crippen LogP contribution is -2.09. The van der Waals surface area contributed by atoms with Gasteiger partial charge in [-0.15, -0.1) is 0 Å². The third-order valence-corrected chi connectivity index (χ3v) is 2.93. The summed E-state index contributed by atoms with van der Waals surface area (Å²) in [7, 11) is 0. The van der Waals surface area contributed by atoms with Crippen molar-refractivity contribution in [2.75, 3.05) is 0 Å². The van der Waals surface area contributed by atoms with Gasteiger partial charge in [0.25, 0.3) is 0 Å². The van der Waals surface area contributed by atoms with E-state index in [1.54, 1.807) is 0 Å². The fourth-order valence-corrected chi connectivity index (χ4v) is 2.08. The molecule has 0 fully saturated rings. The lowest BCUT2D eigenvalue weighted by atomic mass is 10.0. The second kappa shape index (κ2) is 4.68. The zero-order chi connectivity index (χ0) is 10.7. The Morgan fingerprint density at radius 1 is 1.00 bits per heavy atom. The maximum absolute atomic E-state index is 2.45. The third kappa shape index (κ3) is 2.63. The number of aromatic nitrogens is 1. The maximum Gasteiger partial charge on any atom is 0.0307 e. The lowest BCUT2D eigenvalue weighted by Gasteiger charge is -2.19. The lowest BCUT2D eigenvalue weighted by molar-refractivity contribution is 0.430. The molecule has 1 heteroatoms. The van der Waals surface area contributed by atoms with E-state index in [2.05, 4.69) is 51.3 Å². The number of aryl methyl sites for hydroxylation is 2. The molecule has 1 nitrogen and oxygen atoms in total. The maximum atomic E-state index is 2.45. The summed E-state index contributed by atoms with van der Waals surface area (Å²) in [5.74, 6) is 0.814. The molecular formula is C13H23N. The van der Waals surface area contributed by atoms with Gasteiger partial charge in [0, 0.05) is 17.4 Å². The van der Waals surface area contributed by atoms with Gasteiger partial charge in [0.1, 0.15) is 0 Å². The van der Waals surface area contributed by atoms with Gasteiger partial charge in [-0.2, -0.15) is 0 Å². The number of rotatable bonds is 4. The van der Waals surface area contributed by atoms with Gasteiger partial charge in [0.15, 0.2) is 0 Å². The Morgan fingerprint density at radius 2 is 1.50 bits per heavy atom. The normalized spacial score (nSPS) is 13.6. The Labute approximate surface area is 88.1 Å². The monoisotopic (exact) mass is 193 g/mol. The van der Waals surface area contributed by atoms with Gasteiger partial charge >= 0.3 is 0 Å². The molecular weight excluding hydrogens is 170 g/mol. The minimum absolute atomic E-state index is 0.646. The smallest absolute Gasteiger partial charge is 0.0307 e. The molecule has 1 atom stereocenters. The molecule has 0 saturated heterocycles. The van der Waals surface area contributed by atoms with E-state index in [1.165, 1.54) is 24.2 Å². The van der Waals surface area contributed by atoms with Crippen molar-refractivity contribution >= 4 is 0 Å². The van der Waals surface area contributed by atoms with Crippen LogP contribution in [-0.2, 0) is 0 Å². The highest BCUT2D eigenvalue weighted by molar-refractivity contribution is 5.14. The molecule has 14 heavy (non-hydrogen) atoms. The first-order valence-corrected chi connectivity index (χ1v) is 5.66. The van der Waals surface area contributed by atoms with Crippen LogP contribution in [0, 0.1) is 19.8 Å². The minimum atomic E-state index is 0.646. The van der Waals surface area contributed by atoms with Gasteiger partial charge in [0.2, 0.25) is 0 Å². The van der Waals surface area contributed by atoms with Gasteiger partial charge in [-0.25, -0.2) is 0 Å². The molecule has 80 valence electrons. The highest BCUT2D eigenvalue weighted by Crippen LogP contribution is 2.21. The molecule has 0 aliphatic heterocycles. The Balaban J connectivity index is 2.64. The molecule has 1 unspecified atom stereocenters. The number of hydrogen-bond acceptors (Lipinski definition) is 0. The summed E-state index contributed by atoms with van der Waals surface area (Å²) in [6.07, 6.45) is 2.60. The van der Waals surface area contributed by atoms with Crippen LogP contribution < -0.4 is 0 Å². The summed E-state index contributed by atoms with van der Waals surface area (Å²) in [5.41, 5.74) is 2.78. The first-order valence-electron chi connectivity index (χ1n) is 5.66. The van der Waals surface area contributed by atoms with Crippen molar-refractivity contribution in [2.24, 2.45) is 5.92 Å². The van der Waals surface area contributed by atoms with Crippen molar-refractivity contribution < 1.29 is 0 Å². The number of hydrogen-bond donors (Lipinski definition) is 0.